The van der Waals surface area contributed by atoms with E-state index in [9.17, 15) is 9.59 Å². The Morgan fingerprint density at radius 1 is 1.33 bits per heavy atom. The topological polar surface area (TPSA) is 81.9 Å². The van der Waals surface area contributed by atoms with Crippen LogP contribution >= 0.6 is 0 Å². The molecule has 3 heterocycles. The summed E-state index contributed by atoms with van der Waals surface area (Å²) in [5.41, 5.74) is 0.735. The summed E-state index contributed by atoms with van der Waals surface area (Å²) in [7, 11) is 1.84. The molecular formula is C16H25N5O3. The maximum Gasteiger partial charge on any atom is 0.320 e. The Morgan fingerprint density at radius 2 is 2.04 bits per heavy atom. The number of piperidine rings is 1. The predicted molar refractivity (Wildman–Crippen MR) is 88.7 cm³/mol. The Balaban J connectivity index is 1.50. The molecule has 2 aliphatic rings. The highest BCUT2D eigenvalue weighted by molar-refractivity contribution is 5.93. The number of likely N-dealkylation sites (N-methyl/N-ethyl adjacent to an activating group) is 1. The van der Waals surface area contributed by atoms with Crippen molar-refractivity contribution in [3.63, 3.8) is 0 Å². The first-order valence-electron chi connectivity index (χ1n) is 8.45. The van der Waals surface area contributed by atoms with Crippen LogP contribution in [0.1, 0.15) is 25.5 Å². The molecule has 1 aromatic heterocycles. The van der Waals surface area contributed by atoms with Crippen LogP contribution in [0.4, 0.5) is 10.7 Å². The number of aromatic nitrogens is 1. The molecule has 0 aromatic carbocycles. The number of hydrogen-bond donors (Lipinski definition) is 1. The van der Waals surface area contributed by atoms with Crippen molar-refractivity contribution in [1.82, 2.24) is 19.9 Å². The number of nitrogens with zero attached hydrogens (tertiary/aromatic N) is 4. The molecule has 3 amide bonds. The van der Waals surface area contributed by atoms with E-state index in [0.29, 0.717) is 5.88 Å². The summed E-state index contributed by atoms with van der Waals surface area (Å²) in [5.74, 6) is 0.284. The standard InChI is InChI=1S/C16H25N5O3/c1-11-10-14(24-18-11)17-15(22)12(2)20-6-4-13(5-7-20)21-9-8-19(3)16(21)23/h10,12-13H,4-9H2,1-3H3,(H,17,22). The van der Waals surface area contributed by atoms with Gasteiger partial charge in [0.2, 0.25) is 11.8 Å². The van der Waals surface area contributed by atoms with E-state index in [-0.39, 0.29) is 24.0 Å². The lowest BCUT2D eigenvalue weighted by molar-refractivity contribution is -0.121. The minimum atomic E-state index is -0.242. The van der Waals surface area contributed by atoms with Crippen molar-refractivity contribution in [3.8, 4) is 0 Å². The van der Waals surface area contributed by atoms with Crippen LogP contribution in [0.15, 0.2) is 10.6 Å². The molecule has 2 aliphatic heterocycles. The fraction of sp³-hybridized carbons (Fsp3) is 0.688. The number of urea groups is 1. The number of hydrogen-bond acceptors (Lipinski definition) is 5. The van der Waals surface area contributed by atoms with Gasteiger partial charge in [-0.15, -0.1) is 0 Å². The van der Waals surface area contributed by atoms with Gasteiger partial charge in [-0.25, -0.2) is 4.79 Å². The predicted octanol–water partition coefficient (Wildman–Crippen LogP) is 1.14. The van der Waals surface area contributed by atoms with Crippen molar-refractivity contribution in [2.24, 2.45) is 0 Å². The summed E-state index contributed by atoms with van der Waals surface area (Å²) in [4.78, 5) is 30.3. The molecule has 0 spiro atoms. The highest BCUT2D eigenvalue weighted by atomic mass is 16.5. The summed E-state index contributed by atoms with van der Waals surface area (Å²) in [6, 6.07) is 1.87. The van der Waals surface area contributed by atoms with Gasteiger partial charge >= 0.3 is 6.03 Å². The van der Waals surface area contributed by atoms with Gasteiger partial charge in [0.15, 0.2) is 0 Å². The number of nitrogens with one attached hydrogen (secondary N) is 1. The minimum Gasteiger partial charge on any atom is -0.338 e. The lowest BCUT2D eigenvalue weighted by Crippen LogP contribution is -2.51. The van der Waals surface area contributed by atoms with Gasteiger partial charge in [0.05, 0.1) is 11.7 Å². The van der Waals surface area contributed by atoms with E-state index in [1.54, 1.807) is 11.0 Å². The first-order valence-corrected chi connectivity index (χ1v) is 8.45. The normalized spacial score (nSPS) is 21.4. The molecular weight excluding hydrogens is 310 g/mol. The van der Waals surface area contributed by atoms with Gasteiger partial charge in [0.25, 0.3) is 0 Å². The van der Waals surface area contributed by atoms with Crippen LogP contribution in [0.25, 0.3) is 0 Å². The average Bonchev–Trinajstić information content (AvgIpc) is 3.13. The van der Waals surface area contributed by atoms with E-state index in [2.05, 4.69) is 15.4 Å². The Hall–Kier alpha value is -2.09. The summed E-state index contributed by atoms with van der Waals surface area (Å²) in [5, 5.41) is 6.52. The van der Waals surface area contributed by atoms with Gasteiger partial charge in [-0.2, -0.15) is 0 Å². The monoisotopic (exact) mass is 335 g/mol. The quantitative estimate of drug-likeness (QED) is 0.892. The van der Waals surface area contributed by atoms with E-state index < -0.39 is 0 Å². The van der Waals surface area contributed by atoms with Gasteiger partial charge in [-0.05, 0) is 26.7 Å². The molecule has 1 atom stereocenters. The second-order valence-corrected chi connectivity index (χ2v) is 6.66. The van der Waals surface area contributed by atoms with Crippen LogP contribution in [0.5, 0.6) is 0 Å². The maximum atomic E-state index is 12.3. The number of carbonyl (C=O) groups is 2. The molecule has 0 radical (unpaired) electrons. The zero-order valence-electron chi connectivity index (χ0n) is 14.5. The van der Waals surface area contributed by atoms with E-state index in [0.717, 1.165) is 44.7 Å². The van der Waals surface area contributed by atoms with E-state index in [4.69, 9.17) is 4.52 Å². The SMILES string of the molecule is Cc1cc(NC(=O)C(C)N2CCC(N3CCN(C)C3=O)CC2)on1. The van der Waals surface area contributed by atoms with Gasteiger partial charge in [0, 0.05) is 45.3 Å². The van der Waals surface area contributed by atoms with Crippen LogP contribution in [0, 0.1) is 6.92 Å². The van der Waals surface area contributed by atoms with Crippen molar-refractivity contribution in [3.05, 3.63) is 11.8 Å². The summed E-state index contributed by atoms with van der Waals surface area (Å²) < 4.78 is 5.03. The van der Waals surface area contributed by atoms with Crippen molar-refractivity contribution in [1.29, 1.82) is 0 Å². The Bertz CT molecular complexity index is 609. The number of rotatable bonds is 4. The first kappa shape index (κ1) is 16.8. The largest absolute Gasteiger partial charge is 0.338 e. The lowest BCUT2D eigenvalue weighted by atomic mass is 10.0. The second kappa shape index (κ2) is 6.80. The van der Waals surface area contributed by atoms with Crippen LogP contribution < -0.4 is 5.32 Å². The smallest absolute Gasteiger partial charge is 0.320 e. The molecule has 0 aliphatic carbocycles. The Morgan fingerprint density at radius 3 is 2.58 bits per heavy atom. The molecule has 8 heteroatoms. The number of likely N-dealkylation sites (tertiary alicyclic amines) is 1. The molecule has 1 aromatic rings. The van der Waals surface area contributed by atoms with Crippen molar-refractivity contribution < 1.29 is 14.1 Å². The zero-order chi connectivity index (χ0) is 17.3. The van der Waals surface area contributed by atoms with E-state index in [1.807, 2.05) is 25.8 Å². The van der Waals surface area contributed by atoms with Crippen molar-refractivity contribution >= 4 is 17.8 Å². The van der Waals surface area contributed by atoms with Gasteiger partial charge in [-0.1, -0.05) is 5.16 Å². The van der Waals surface area contributed by atoms with Gasteiger partial charge in [0.1, 0.15) is 0 Å². The number of anilines is 1. The molecule has 1 N–H and O–H groups in total. The van der Waals surface area contributed by atoms with Crippen LogP contribution in [0.2, 0.25) is 0 Å². The molecule has 0 bridgehead atoms. The third kappa shape index (κ3) is 3.38. The second-order valence-electron chi connectivity index (χ2n) is 6.66. The summed E-state index contributed by atoms with van der Waals surface area (Å²) >= 11 is 0. The highest BCUT2D eigenvalue weighted by Gasteiger charge is 2.35. The summed E-state index contributed by atoms with van der Waals surface area (Å²) in [6.07, 6.45) is 1.80. The van der Waals surface area contributed by atoms with Crippen LogP contribution in [0.3, 0.4) is 0 Å². The highest BCUT2D eigenvalue weighted by Crippen LogP contribution is 2.22. The molecule has 1 unspecified atom stereocenters. The van der Waals surface area contributed by atoms with E-state index in [1.165, 1.54) is 0 Å². The lowest BCUT2D eigenvalue weighted by Gasteiger charge is -2.38. The van der Waals surface area contributed by atoms with Crippen molar-refractivity contribution in [2.75, 3.05) is 38.5 Å². The average molecular weight is 335 g/mol. The molecule has 2 fully saturated rings. The van der Waals surface area contributed by atoms with Gasteiger partial charge < -0.3 is 14.3 Å². The molecule has 24 heavy (non-hydrogen) atoms. The first-order chi connectivity index (χ1) is 11.5. The Labute approximate surface area is 141 Å². The van der Waals surface area contributed by atoms with Crippen LogP contribution in [-0.2, 0) is 4.79 Å². The maximum absolute atomic E-state index is 12.3. The molecule has 0 saturated carbocycles. The van der Waals surface area contributed by atoms with Gasteiger partial charge in [-0.3, -0.25) is 15.0 Å². The Kier molecular flexibility index (Phi) is 4.75. The number of carbonyl (C=O) groups excluding carboxylic acids is 2. The van der Waals surface area contributed by atoms with E-state index >= 15 is 0 Å². The third-order valence-corrected chi connectivity index (χ3v) is 4.99. The number of amides is 3. The number of aryl methyl sites for hydroxylation is 1. The third-order valence-electron chi connectivity index (χ3n) is 4.99. The fourth-order valence-corrected chi connectivity index (χ4v) is 3.41. The fourth-order valence-electron chi connectivity index (χ4n) is 3.41. The van der Waals surface area contributed by atoms with Crippen molar-refractivity contribution in [2.45, 2.75) is 38.8 Å². The molecule has 132 valence electrons. The zero-order valence-corrected chi connectivity index (χ0v) is 14.5. The minimum absolute atomic E-state index is 0.0958. The molecule has 3 rings (SSSR count). The van der Waals surface area contributed by atoms with Crippen LogP contribution in [-0.4, -0.2) is 77.1 Å². The molecule has 8 nitrogen and oxygen atoms in total. The summed E-state index contributed by atoms with van der Waals surface area (Å²) in [6.45, 7) is 6.93. The molecule has 2 saturated heterocycles.